The maximum atomic E-state index is 11.9. The normalized spacial score (nSPS) is 19.6. The number of carbonyl (C=O) groups excluding carboxylic acids is 2. The van der Waals surface area contributed by atoms with Crippen LogP contribution in [0, 0.1) is 0 Å². The summed E-state index contributed by atoms with van der Waals surface area (Å²) >= 11 is 0. The van der Waals surface area contributed by atoms with Crippen LogP contribution in [-0.2, 0) is 9.59 Å². The van der Waals surface area contributed by atoms with Crippen LogP contribution in [0.15, 0.2) is 18.2 Å². The van der Waals surface area contributed by atoms with Crippen molar-refractivity contribution in [2.24, 2.45) is 0 Å². The van der Waals surface area contributed by atoms with E-state index in [1.165, 1.54) is 18.2 Å². The number of carboxylic acids is 1. The summed E-state index contributed by atoms with van der Waals surface area (Å²) in [6, 6.07) is 4.22. The van der Waals surface area contributed by atoms with Gasteiger partial charge in [0.05, 0.1) is 24.1 Å². The summed E-state index contributed by atoms with van der Waals surface area (Å²) < 4.78 is 5.55. The first-order chi connectivity index (χ1) is 8.50. The van der Waals surface area contributed by atoms with Crippen LogP contribution < -0.4 is 10.1 Å². The summed E-state index contributed by atoms with van der Waals surface area (Å²) in [5.74, 6) is -1.09. The van der Waals surface area contributed by atoms with Crippen molar-refractivity contribution < 1.29 is 24.2 Å². The molecule has 2 N–H and O–H groups in total. The highest BCUT2D eigenvalue weighted by molar-refractivity contribution is 6.10. The van der Waals surface area contributed by atoms with E-state index in [1.54, 1.807) is 0 Å². The summed E-state index contributed by atoms with van der Waals surface area (Å²) in [7, 11) is 0. The van der Waals surface area contributed by atoms with E-state index in [0.717, 1.165) is 0 Å². The van der Waals surface area contributed by atoms with Gasteiger partial charge >= 0.3 is 5.97 Å². The average molecular weight is 247 g/mol. The molecular formula is C12H9NO5. The fraction of sp³-hybridized carbons (Fsp3) is 0.250. The van der Waals surface area contributed by atoms with Crippen LogP contribution in [0.1, 0.15) is 23.2 Å². The smallest absolute Gasteiger partial charge is 0.335 e. The number of fused-ring (bicyclic) bond motifs is 1. The van der Waals surface area contributed by atoms with Crippen LogP contribution in [0.3, 0.4) is 0 Å². The van der Waals surface area contributed by atoms with Crippen molar-refractivity contribution >= 4 is 23.3 Å². The van der Waals surface area contributed by atoms with E-state index >= 15 is 0 Å². The first-order valence-corrected chi connectivity index (χ1v) is 5.40. The van der Waals surface area contributed by atoms with Crippen molar-refractivity contribution in [2.45, 2.75) is 18.4 Å². The van der Waals surface area contributed by atoms with E-state index < -0.39 is 17.5 Å². The zero-order chi connectivity index (χ0) is 12.9. The Balaban J connectivity index is 1.97. The number of carbonyl (C=O) groups is 3. The maximum absolute atomic E-state index is 11.9. The Morgan fingerprint density at radius 1 is 1.33 bits per heavy atom. The SMILES string of the molecule is O=C1CC2(C1)Oc1ccc(C(=O)O)cc1NC2=O. The lowest BCUT2D eigenvalue weighted by Gasteiger charge is -2.42. The highest BCUT2D eigenvalue weighted by atomic mass is 16.5. The molecule has 0 aromatic heterocycles. The molecule has 1 aromatic carbocycles. The lowest BCUT2D eigenvalue weighted by Crippen LogP contribution is -2.59. The minimum absolute atomic E-state index is 0.0178. The van der Waals surface area contributed by atoms with Gasteiger partial charge in [0, 0.05) is 0 Å². The fourth-order valence-corrected chi connectivity index (χ4v) is 2.16. The highest BCUT2D eigenvalue weighted by Gasteiger charge is 2.54. The highest BCUT2D eigenvalue weighted by Crippen LogP contribution is 2.42. The Morgan fingerprint density at radius 3 is 2.67 bits per heavy atom. The molecule has 1 aromatic rings. The Labute approximate surface area is 102 Å². The minimum Gasteiger partial charge on any atom is -0.478 e. The standard InChI is InChI=1S/C12H9NO5/c14-7-4-12(5-7)11(17)13-8-3-6(10(15)16)1-2-9(8)18-12/h1-3H,4-5H2,(H,13,17)(H,15,16). The van der Waals surface area contributed by atoms with Gasteiger partial charge in [-0.2, -0.15) is 0 Å². The van der Waals surface area contributed by atoms with Crippen molar-refractivity contribution in [3.8, 4) is 5.75 Å². The molecule has 0 unspecified atom stereocenters. The molecule has 6 nitrogen and oxygen atoms in total. The average Bonchev–Trinajstić information content (AvgIpc) is 2.27. The third kappa shape index (κ3) is 1.38. The van der Waals surface area contributed by atoms with Crippen LogP contribution in [-0.4, -0.2) is 28.4 Å². The number of hydrogen-bond donors (Lipinski definition) is 2. The number of ketones is 1. The zero-order valence-electron chi connectivity index (χ0n) is 9.23. The largest absolute Gasteiger partial charge is 0.478 e. The van der Waals surface area contributed by atoms with Crippen molar-refractivity contribution in [2.75, 3.05) is 5.32 Å². The maximum Gasteiger partial charge on any atom is 0.335 e. The van der Waals surface area contributed by atoms with Gasteiger partial charge in [-0.3, -0.25) is 9.59 Å². The lowest BCUT2D eigenvalue weighted by molar-refractivity contribution is -0.152. The number of carboxylic acid groups (broad SMARTS) is 1. The molecule has 0 bridgehead atoms. The van der Waals surface area contributed by atoms with Gasteiger partial charge in [0.1, 0.15) is 11.5 Å². The van der Waals surface area contributed by atoms with Crippen molar-refractivity contribution in [3.63, 3.8) is 0 Å². The molecule has 6 heteroatoms. The van der Waals surface area contributed by atoms with Crippen LogP contribution in [0.25, 0.3) is 0 Å². The van der Waals surface area contributed by atoms with E-state index in [9.17, 15) is 14.4 Å². The third-order valence-corrected chi connectivity index (χ3v) is 3.16. The number of nitrogens with one attached hydrogen (secondary N) is 1. The summed E-state index contributed by atoms with van der Waals surface area (Å²) in [6.07, 6.45) is 0.137. The topological polar surface area (TPSA) is 92.7 Å². The quantitative estimate of drug-likeness (QED) is 0.766. The van der Waals surface area contributed by atoms with E-state index in [2.05, 4.69) is 5.32 Å². The van der Waals surface area contributed by atoms with Gasteiger partial charge in [-0.25, -0.2) is 4.79 Å². The van der Waals surface area contributed by atoms with Gasteiger partial charge in [-0.15, -0.1) is 0 Å². The number of aromatic carboxylic acids is 1. The molecule has 92 valence electrons. The predicted molar refractivity (Wildman–Crippen MR) is 59.6 cm³/mol. The molecule has 1 fully saturated rings. The van der Waals surface area contributed by atoms with Crippen LogP contribution in [0.5, 0.6) is 5.75 Å². The third-order valence-electron chi connectivity index (χ3n) is 3.16. The van der Waals surface area contributed by atoms with E-state index in [-0.39, 0.29) is 24.2 Å². The summed E-state index contributed by atoms with van der Waals surface area (Å²) in [5, 5.41) is 11.4. The van der Waals surface area contributed by atoms with Crippen molar-refractivity contribution in [1.82, 2.24) is 0 Å². The van der Waals surface area contributed by atoms with Crippen LogP contribution in [0.4, 0.5) is 5.69 Å². The van der Waals surface area contributed by atoms with Gasteiger partial charge in [0.15, 0.2) is 0 Å². The lowest BCUT2D eigenvalue weighted by atomic mass is 9.77. The Kier molecular flexibility index (Phi) is 1.98. The minimum atomic E-state index is -1.09. The van der Waals surface area contributed by atoms with Crippen LogP contribution >= 0.6 is 0 Å². The Morgan fingerprint density at radius 2 is 2.06 bits per heavy atom. The number of anilines is 1. The molecule has 1 spiro atoms. The van der Waals surface area contributed by atoms with E-state index in [1.807, 2.05) is 0 Å². The second kappa shape index (κ2) is 3.32. The first-order valence-electron chi connectivity index (χ1n) is 5.40. The number of benzene rings is 1. The molecule has 3 rings (SSSR count). The molecule has 18 heavy (non-hydrogen) atoms. The summed E-state index contributed by atoms with van der Waals surface area (Å²) in [6.45, 7) is 0. The number of amides is 1. The molecule has 1 aliphatic heterocycles. The number of hydrogen-bond acceptors (Lipinski definition) is 4. The Bertz CT molecular complexity index is 584. The monoisotopic (exact) mass is 247 g/mol. The number of rotatable bonds is 1. The molecule has 0 radical (unpaired) electrons. The molecular weight excluding hydrogens is 238 g/mol. The molecule has 1 saturated carbocycles. The second-order valence-corrected chi connectivity index (χ2v) is 4.46. The van der Waals surface area contributed by atoms with E-state index in [4.69, 9.17) is 9.84 Å². The van der Waals surface area contributed by atoms with E-state index in [0.29, 0.717) is 11.4 Å². The van der Waals surface area contributed by atoms with Gasteiger partial charge in [-0.1, -0.05) is 0 Å². The molecule has 0 saturated heterocycles. The van der Waals surface area contributed by atoms with Gasteiger partial charge < -0.3 is 15.2 Å². The number of ether oxygens (including phenoxy) is 1. The van der Waals surface area contributed by atoms with Gasteiger partial charge in [0.25, 0.3) is 5.91 Å². The van der Waals surface area contributed by atoms with Crippen LogP contribution in [0.2, 0.25) is 0 Å². The molecule has 1 heterocycles. The number of Topliss-reactive ketones (excluding diaryl/α,β-unsaturated/α-hetero) is 1. The first kappa shape index (κ1) is 10.8. The molecule has 0 atom stereocenters. The fourth-order valence-electron chi connectivity index (χ4n) is 2.16. The zero-order valence-corrected chi connectivity index (χ0v) is 9.23. The predicted octanol–water partition coefficient (Wildman–Crippen LogP) is 0.817. The van der Waals surface area contributed by atoms with Crippen molar-refractivity contribution in [3.05, 3.63) is 23.8 Å². The molecule has 1 amide bonds. The molecule has 1 aliphatic carbocycles. The van der Waals surface area contributed by atoms with Crippen molar-refractivity contribution in [1.29, 1.82) is 0 Å². The Hall–Kier alpha value is -2.37. The summed E-state index contributed by atoms with van der Waals surface area (Å²) in [4.78, 5) is 33.7. The van der Waals surface area contributed by atoms with Gasteiger partial charge in [0.2, 0.25) is 5.60 Å². The summed E-state index contributed by atoms with van der Waals surface area (Å²) in [5.41, 5.74) is -0.697. The van der Waals surface area contributed by atoms with Gasteiger partial charge in [-0.05, 0) is 18.2 Å². The second-order valence-electron chi connectivity index (χ2n) is 4.46. The molecule has 2 aliphatic rings.